The fourth-order valence-corrected chi connectivity index (χ4v) is 2.14. The molecule has 0 spiro atoms. The number of halogens is 1. The molecule has 82 valence electrons. The summed E-state index contributed by atoms with van der Waals surface area (Å²) in [6.45, 7) is 0. The summed E-state index contributed by atoms with van der Waals surface area (Å²) in [6, 6.07) is 18.1. The molecule has 1 aromatic heterocycles. The van der Waals surface area contributed by atoms with Crippen LogP contribution in [0, 0.1) is 0 Å². The van der Waals surface area contributed by atoms with Crippen molar-refractivity contribution in [1.82, 2.24) is 10.2 Å². The first-order valence-electron chi connectivity index (χ1n) is 5.31. The van der Waals surface area contributed by atoms with Crippen molar-refractivity contribution in [2.45, 2.75) is 0 Å². The third-order valence-electron chi connectivity index (χ3n) is 2.62. The van der Waals surface area contributed by atoms with Gasteiger partial charge >= 0.3 is 0 Å². The van der Waals surface area contributed by atoms with E-state index < -0.39 is 0 Å². The van der Waals surface area contributed by atoms with E-state index >= 15 is 0 Å². The van der Waals surface area contributed by atoms with Crippen LogP contribution < -0.4 is 0 Å². The Morgan fingerprint density at radius 3 is 2.47 bits per heavy atom. The number of benzene rings is 2. The predicted octanol–water partition coefficient (Wildman–Crippen LogP) is 4.06. The first-order chi connectivity index (χ1) is 8.33. The van der Waals surface area contributed by atoms with Crippen molar-refractivity contribution in [3.63, 3.8) is 0 Å². The van der Waals surface area contributed by atoms with E-state index in [0.717, 1.165) is 26.6 Å². The van der Waals surface area contributed by atoms with E-state index in [2.05, 4.69) is 38.3 Å². The Kier molecular flexibility index (Phi) is 2.61. The number of nitrogens with zero attached hydrogens (tertiary/aromatic N) is 2. The number of hydrogen-bond acceptors (Lipinski definition) is 2. The lowest BCUT2D eigenvalue weighted by Crippen LogP contribution is -1.88. The van der Waals surface area contributed by atoms with Crippen molar-refractivity contribution in [2.75, 3.05) is 0 Å². The van der Waals surface area contributed by atoms with Gasteiger partial charge in [-0.2, -0.15) is 0 Å². The van der Waals surface area contributed by atoms with E-state index in [1.807, 2.05) is 42.5 Å². The average Bonchev–Trinajstić information content (AvgIpc) is 2.39. The molecule has 0 bridgehead atoms. The van der Waals surface area contributed by atoms with E-state index in [0.29, 0.717) is 0 Å². The predicted molar refractivity (Wildman–Crippen MR) is 72.7 cm³/mol. The quantitative estimate of drug-likeness (QED) is 0.673. The lowest BCUT2D eigenvalue weighted by Gasteiger charge is -2.02. The topological polar surface area (TPSA) is 25.8 Å². The minimum atomic E-state index is 0.899. The van der Waals surface area contributed by atoms with Gasteiger partial charge < -0.3 is 0 Å². The zero-order chi connectivity index (χ0) is 11.7. The van der Waals surface area contributed by atoms with Gasteiger partial charge in [0, 0.05) is 15.4 Å². The lowest BCUT2D eigenvalue weighted by atomic mass is 10.1. The summed E-state index contributed by atoms with van der Waals surface area (Å²) in [7, 11) is 0. The van der Waals surface area contributed by atoms with Crippen LogP contribution in [0.1, 0.15) is 0 Å². The van der Waals surface area contributed by atoms with Gasteiger partial charge in [-0.15, -0.1) is 10.2 Å². The van der Waals surface area contributed by atoms with E-state index in [4.69, 9.17) is 0 Å². The van der Waals surface area contributed by atoms with Crippen LogP contribution >= 0.6 is 15.9 Å². The Balaban J connectivity index is 2.19. The van der Waals surface area contributed by atoms with Crippen molar-refractivity contribution in [3.05, 3.63) is 59.1 Å². The highest BCUT2D eigenvalue weighted by Crippen LogP contribution is 2.22. The van der Waals surface area contributed by atoms with E-state index in [1.54, 1.807) is 0 Å². The second-order valence-electron chi connectivity index (χ2n) is 3.80. The standard InChI is InChI=1S/C14H9BrN2/c15-12-6-7-13-11(8-12)9-14(17-16-13)10-4-2-1-3-5-10/h1-9H. The van der Waals surface area contributed by atoms with Crippen LogP contribution in [0.3, 0.4) is 0 Å². The minimum Gasteiger partial charge on any atom is -0.150 e. The molecule has 3 rings (SSSR count). The summed E-state index contributed by atoms with van der Waals surface area (Å²) in [5, 5.41) is 9.56. The Labute approximate surface area is 107 Å². The average molecular weight is 285 g/mol. The molecule has 3 aromatic rings. The highest BCUT2D eigenvalue weighted by atomic mass is 79.9. The Morgan fingerprint density at radius 2 is 1.65 bits per heavy atom. The molecule has 17 heavy (non-hydrogen) atoms. The first-order valence-corrected chi connectivity index (χ1v) is 6.11. The number of aromatic nitrogens is 2. The Hall–Kier alpha value is -1.74. The van der Waals surface area contributed by atoms with Crippen LogP contribution in [0.4, 0.5) is 0 Å². The third kappa shape index (κ3) is 2.06. The van der Waals surface area contributed by atoms with Crippen molar-refractivity contribution < 1.29 is 0 Å². The third-order valence-corrected chi connectivity index (χ3v) is 3.11. The number of rotatable bonds is 1. The summed E-state index contributed by atoms with van der Waals surface area (Å²) in [5.41, 5.74) is 2.89. The largest absolute Gasteiger partial charge is 0.150 e. The first kappa shape index (κ1) is 10.4. The Bertz CT molecular complexity index is 665. The highest BCUT2D eigenvalue weighted by molar-refractivity contribution is 9.10. The van der Waals surface area contributed by atoms with Gasteiger partial charge in [0.2, 0.25) is 0 Å². The molecule has 0 N–H and O–H groups in total. The van der Waals surface area contributed by atoms with Gasteiger partial charge in [-0.05, 0) is 24.3 Å². The maximum absolute atomic E-state index is 4.24. The van der Waals surface area contributed by atoms with Crippen LogP contribution in [0.2, 0.25) is 0 Å². The molecule has 0 unspecified atom stereocenters. The molecule has 0 radical (unpaired) electrons. The van der Waals surface area contributed by atoms with Gasteiger partial charge in [0.25, 0.3) is 0 Å². The molecule has 3 heteroatoms. The molecule has 0 aliphatic heterocycles. The summed E-state index contributed by atoms with van der Waals surface area (Å²) in [5.74, 6) is 0. The second kappa shape index (κ2) is 4.26. The summed E-state index contributed by atoms with van der Waals surface area (Å²) in [6.07, 6.45) is 0. The van der Waals surface area contributed by atoms with Crippen molar-refractivity contribution in [3.8, 4) is 11.3 Å². The summed E-state index contributed by atoms with van der Waals surface area (Å²) < 4.78 is 1.05. The summed E-state index contributed by atoms with van der Waals surface area (Å²) in [4.78, 5) is 0. The maximum atomic E-state index is 4.24. The number of hydrogen-bond donors (Lipinski definition) is 0. The SMILES string of the molecule is Brc1ccc2nnc(-c3ccccc3)cc2c1. The Morgan fingerprint density at radius 1 is 0.824 bits per heavy atom. The van der Waals surface area contributed by atoms with E-state index in [9.17, 15) is 0 Å². The fraction of sp³-hybridized carbons (Fsp3) is 0. The molecule has 2 nitrogen and oxygen atoms in total. The van der Waals surface area contributed by atoms with Gasteiger partial charge in [-0.25, -0.2) is 0 Å². The fourth-order valence-electron chi connectivity index (χ4n) is 1.77. The molecular formula is C14H9BrN2. The van der Waals surface area contributed by atoms with E-state index in [1.165, 1.54) is 0 Å². The van der Waals surface area contributed by atoms with Crippen LogP contribution in [-0.4, -0.2) is 10.2 Å². The second-order valence-corrected chi connectivity index (χ2v) is 4.71. The van der Waals surface area contributed by atoms with Gasteiger partial charge in [-0.3, -0.25) is 0 Å². The van der Waals surface area contributed by atoms with E-state index in [-0.39, 0.29) is 0 Å². The molecule has 0 aliphatic rings. The molecule has 0 saturated heterocycles. The van der Waals surface area contributed by atoms with Crippen LogP contribution in [-0.2, 0) is 0 Å². The molecule has 0 fully saturated rings. The molecule has 0 saturated carbocycles. The normalized spacial score (nSPS) is 10.6. The van der Waals surface area contributed by atoms with Gasteiger partial charge in [0.1, 0.15) is 0 Å². The van der Waals surface area contributed by atoms with Crippen LogP contribution in [0.15, 0.2) is 59.1 Å². The van der Waals surface area contributed by atoms with Crippen molar-refractivity contribution in [1.29, 1.82) is 0 Å². The zero-order valence-corrected chi connectivity index (χ0v) is 10.6. The van der Waals surface area contributed by atoms with Crippen molar-refractivity contribution >= 4 is 26.8 Å². The minimum absolute atomic E-state index is 0.899. The van der Waals surface area contributed by atoms with Crippen molar-refractivity contribution in [2.24, 2.45) is 0 Å². The summed E-state index contributed by atoms with van der Waals surface area (Å²) >= 11 is 3.47. The monoisotopic (exact) mass is 284 g/mol. The van der Waals surface area contributed by atoms with Crippen LogP contribution in [0.25, 0.3) is 22.2 Å². The highest BCUT2D eigenvalue weighted by Gasteiger charge is 2.02. The van der Waals surface area contributed by atoms with Crippen LogP contribution in [0.5, 0.6) is 0 Å². The smallest absolute Gasteiger partial charge is 0.0936 e. The lowest BCUT2D eigenvalue weighted by molar-refractivity contribution is 1.08. The molecular weight excluding hydrogens is 276 g/mol. The molecule has 2 aromatic carbocycles. The maximum Gasteiger partial charge on any atom is 0.0936 e. The van der Waals surface area contributed by atoms with Gasteiger partial charge in [0.05, 0.1) is 11.2 Å². The number of fused-ring (bicyclic) bond motifs is 1. The molecule has 0 atom stereocenters. The molecule has 1 heterocycles. The molecule has 0 aliphatic carbocycles. The molecule has 0 amide bonds. The van der Waals surface area contributed by atoms with Gasteiger partial charge in [0.15, 0.2) is 0 Å². The zero-order valence-electron chi connectivity index (χ0n) is 8.97. The van der Waals surface area contributed by atoms with Gasteiger partial charge in [-0.1, -0.05) is 46.3 Å².